The van der Waals surface area contributed by atoms with Crippen LogP contribution in [-0.4, -0.2) is 50.0 Å². The monoisotopic (exact) mass is 642 g/mol. The number of carboxylic acid groups (broad SMARTS) is 1. The van der Waals surface area contributed by atoms with E-state index in [2.05, 4.69) is 10.3 Å². The maximum atomic E-state index is 13.8. The third-order valence-corrected chi connectivity index (χ3v) is 9.26. The number of halogens is 2. The van der Waals surface area contributed by atoms with E-state index in [1.165, 1.54) is 11.3 Å². The van der Waals surface area contributed by atoms with Crippen molar-refractivity contribution in [3.8, 4) is 0 Å². The highest BCUT2D eigenvalue weighted by atomic mass is 35.5. The molecule has 0 bridgehead atoms. The van der Waals surface area contributed by atoms with Gasteiger partial charge in [-0.2, -0.15) is 0 Å². The molecule has 2 aromatic heterocycles. The number of aromatic nitrogens is 2. The van der Waals surface area contributed by atoms with Crippen LogP contribution in [-0.2, 0) is 39.9 Å². The van der Waals surface area contributed by atoms with Crippen molar-refractivity contribution in [1.29, 1.82) is 0 Å². The summed E-state index contributed by atoms with van der Waals surface area (Å²) >= 11 is 14.6. The van der Waals surface area contributed by atoms with Gasteiger partial charge in [0.25, 0.3) is 5.91 Å². The molecule has 43 heavy (non-hydrogen) atoms. The molecule has 4 aromatic rings. The molecule has 1 saturated heterocycles. The molecule has 1 aliphatic heterocycles. The lowest BCUT2D eigenvalue weighted by atomic mass is 10.1. The van der Waals surface area contributed by atoms with Gasteiger partial charge in [0, 0.05) is 53.2 Å². The molecule has 5 rings (SSSR count). The van der Waals surface area contributed by atoms with Crippen LogP contribution in [0.2, 0.25) is 10.0 Å². The summed E-state index contributed by atoms with van der Waals surface area (Å²) in [6.45, 7) is 4.28. The van der Waals surface area contributed by atoms with Gasteiger partial charge in [-0.1, -0.05) is 41.4 Å². The van der Waals surface area contributed by atoms with E-state index in [-0.39, 0.29) is 35.8 Å². The van der Waals surface area contributed by atoms with Crippen LogP contribution in [0.15, 0.2) is 48.8 Å². The molecule has 226 valence electrons. The number of rotatable bonds is 10. The first-order valence-corrected chi connectivity index (χ1v) is 15.5. The average molecular weight is 644 g/mol. The maximum Gasteiger partial charge on any atom is 0.303 e. The first kappa shape index (κ1) is 31.0. The van der Waals surface area contributed by atoms with Crippen LogP contribution < -0.4 is 5.32 Å². The zero-order valence-electron chi connectivity index (χ0n) is 24.0. The van der Waals surface area contributed by atoms with Crippen LogP contribution >= 0.6 is 34.5 Å². The van der Waals surface area contributed by atoms with Crippen molar-refractivity contribution >= 4 is 68.9 Å². The Kier molecular flexibility index (Phi) is 9.12. The number of amides is 2. The van der Waals surface area contributed by atoms with Crippen molar-refractivity contribution in [3.05, 3.63) is 79.8 Å². The fraction of sp³-hybridized carbons (Fsp3) is 0.355. The maximum absolute atomic E-state index is 13.8. The second kappa shape index (κ2) is 12.7. The number of nitrogens with zero attached hydrogens (tertiary/aromatic N) is 3. The van der Waals surface area contributed by atoms with Crippen molar-refractivity contribution < 1.29 is 24.2 Å². The van der Waals surface area contributed by atoms with Crippen molar-refractivity contribution in [1.82, 2.24) is 14.5 Å². The molecule has 2 amide bonds. The summed E-state index contributed by atoms with van der Waals surface area (Å²) in [5.74, 6) is -1.40. The second-order valence-corrected chi connectivity index (χ2v) is 12.8. The van der Waals surface area contributed by atoms with E-state index in [0.717, 1.165) is 22.2 Å². The summed E-state index contributed by atoms with van der Waals surface area (Å²) in [5, 5.41) is 13.9. The zero-order valence-corrected chi connectivity index (χ0v) is 26.4. The minimum atomic E-state index is -1.06. The number of aliphatic carboxylic acids is 1. The van der Waals surface area contributed by atoms with Gasteiger partial charge in [-0.05, 0) is 50.5 Å². The van der Waals surface area contributed by atoms with Gasteiger partial charge < -0.3 is 24.6 Å². The van der Waals surface area contributed by atoms with E-state index in [1.807, 2.05) is 49.7 Å². The predicted octanol–water partition coefficient (Wildman–Crippen LogP) is 6.65. The van der Waals surface area contributed by atoms with Crippen LogP contribution in [0, 0.1) is 0 Å². The largest absolute Gasteiger partial charge is 0.481 e. The average Bonchev–Trinajstić information content (AvgIpc) is 3.68. The number of para-hydroxylation sites is 1. The van der Waals surface area contributed by atoms with Crippen molar-refractivity contribution in [3.63, 3.8) is 0 Å². The number of likely N-dealkylation sites (tertiary alicyclic amines) is 1. The van der Waals surface area contributed by atoms with Gasteiger partial charge in [-0.25, -0.2) is 4.98 Å². The van der Waals surface area contributed by atoms with Crippen LogP contribution in [0.4, 0.5) is 5.69 Å². The van der Waals surface area contributed by atoms with Gasteiger partial charge >= 0.3 is 5.97 Å². The van der Waals surface area contributed by atoms with E-state index in [1.54, 1.807) is 29.4 Å². The lowest BCUT2D eigenvalue weighted by molar-refractivity contribution is -0.182. The van der Waals surface area contributed by atoms with Gasteiger partial charge in [-0.15, -0.1) is 11.3 Å². The Morgan fingerprint density at radius 2 is 1.95 bits per heavy atom. The first-order valence-electron chi connectivity index (χ1n) is 14.0. The standard InChI is InChI=1S/C31H32Cl2N4O5S/c1-18(2)42-31(30-34-16-20(43-30)9-10-28(39)40)11-6-12-37(31)27(38)14-19-13-24(33)25(15-23(19)32)35-29(41)22-17-36(3)26-8-5-4-7-21(22)26/h4-5,7-8,13,15-18H,6,9-12,14H2,1-3H3,(H,35,41)(H,39,40)/t31-/m0/s1. The molecule has 3 heterocycles. The van der Waals surface area contributed by atoms with Crippen molar-refractivity contribution in [2.24, 2.45) is 7.05 Å². The quantitative estimate of drug-likeness (QED) is 0.200. The molecule has 0 unspecified atom stereocenters. The first-order chi connectivity index (χ1) is 20.5. The van der Waals surface area contributed by atoms with Gasteiger partial charge in [0.15, 0.2) is 5.72 Å². The Morgan fingerprint density at radius 3 is 2.70 bits per heavy atom. The van der Waals surface area contributed by atoms with Crippen LogP contribution in [0.5, 0.6) is 0 Å². The number of thiazole rings is 1. The minimum Gasteiger partial charge on any atom is -0.481 e. The van der Waals surface area contributed by atoms with Crippen LogP contribution in [0.1, 0.15) is 58.9 Å². The molecule has 0 spiro atoms. The predicted molar refractivity (Wildman–Crippen MR) is 168 cm³/mol. The number of aryl methyl sites for hydroxylation is 2. The number of benzene rings is 2. The normalized spacial score (nSPS) is 16.7. The smallest absolute Gasteiger partial charge is 0.303 e. The summed E-state index contributed by atoms with van der Waals surface area (Å²) < 4.78 is 8.30. The molecule has 12 heteroatoms. The van der Waals surface area contributed by atoms with Crippen LogP contribution in [0.25, 0.3) is 10.9 Å². The summed E-state index contributed by atoms with van der Waals surface area (Å²) in [6, 6.07) is 10.8. The molecule has 0 aliphatic carbocycles. The van der Waals surface area contributed by atoms with Gasteiger partial charge in [-0.3, -0.25) is 14.4 Å². The molecule has 2 aromatic carbocycles. The molecule has 0 saturated carbocycles. The Morgan fingerprint density at radius 1 is 1.19 bits per heavy atom. The van der Waals surface area contributed by atoms with Crippen molar-refractivity contribution in [2.75, 3.05) is 11.9 Å². The lowest BCUT2D eigenvalue weighted by Crippen LogP contribution is -2.48. The van der Waals surface area contributed by atoms with E-state index in [9.17, 15) is 14.4 Å². The Balaban J connectivity index is 1.36. The molecule has 9 nitrogen and oxygen atoms in total. The third kappa shape index (κ3) is 6.43. The van der Waals surface area contributed by atoms with Crippen molar-refractivity contribution in [2.45, 2.75) is 57.8 Å². The van der Waals surface area contributed by atoms with Gasteiger partial charge in [0.2, 0.25) is 5.91 Å². The highest BCUT2D eigenvalue weighted by Crippen LogP contribution is 2.43. The summed E-state index contributed by atoms with van der Waals surface area (Å²) in [7, 11) is 1.88. The van der Waals surface area contributed by atoms with E-state index >= 15 is 0 Å². The number of ether oxygens (including phenoxy) is 1. The Bertz CT molecular complexity index is 1700. The number of hydrogen-bond donors (Lipinski definition) is 2. The van der Waals surface area contributed by atoms with E-state index in [4.69, 9.17) is 33.0 Å². The molecule has 1 fully saturated rings. The molecular weight excluding hydrogens is 611 g/mol. The van der Waals surface area contributed by atoms with Gasteiger partial charge in [0.1, 0.15) is 5.01 Å². The zero-order chi connectivity index (χ0) is 30.9. The molecular formula is C31H32Cl2N4O5S. The third-order valence-electron chi connectivity index (χ3n) is 7.41. The number of carboxylic acids is 1. The molecule has 1 aliphatic rings. The molecule has 0 radical (unpaired) electrons. The van der Waals surface area contributed by atoms with Gasteiger partial charge in [0.05, 0.1) is 35.2 Å². The summed E-state index contributed by atoms with van der Waals surface area (Å²) in [6.07, 6.45) is 4.85. The highest BCUT2D eigenvalue weighted by Gasteiger charge is 2.49. The fourth-order valence-electron chi connectivity index (χ4n) is 5.53. The number of carbonyl (C=O) groups is 3. The number of fused-ring (bicyclic) bond motifs is 1. The number of nitrogens with one attached hydrogen (secondary N) is 1. The minimum absolute atomic E-state index is 0.0000353. The SMILES string of the molecule is CC(C)O[C@]1(c2ncc(CCC(=O)O)s2)CCCN1C(=O)Cc1cc(Cl)c(NC(=O)c2cn(C)c3ccccc23)cc1Cl. The highest BCUT2D eigenvalue weighted by molar-refractivity contribution is 7.11. The Hall–Kier alpha value is -3.44. The van der Waals surface area contributed by atoms with E-state index < -0.39 is 11.7 Å². The number of anilines is 1. The number of hydrogen-bond acceptors (Lipinski definition) is 6. The van der Waals surface area contributed by atoms with Crippen LogP contribution in [0.3, 0.4) is 0 Å². The Labute approximate surface area is 263 Å². The van der Waals surface area contributed by atoms with E-state index in [0.29, 0.717) is 46.2 Å². The lowest BCUT2D eigenvalue weighted by Gasteiger charge is -2.38. The number of carbonyl (C=O) groups excluding carboxylic acids is 2. The summed E-state index contributed by atoms with van der Waals surface area (Å²) in [4.78, 5) is 45.2. The summed E-state index contributed by atoms with van der Waals surface area (Å²) in [5.41, 5.74) is 1.25. The topological polar surface area (TPSA) is 114 Å². The second-order valence-electron chi connectivity index (χ2n) is 10.9. The fourth-order valence-corrected chi connectivity index (χ4v) is 7.07. The molecule has 2 N–H and O–H groups in total. The molecule has 1 atom stereocenters.